The van der Waals surface area contributed by atoms with Crippen molar-refractivity contribution < 1.29 is 8.95 Å². The molecule has 0 saturated heterocycles. The Balaban J connectivity index is 2.60. The number of hydrogen-bond acceptors (Lipinski definition) is 4. The van der Waals surface area contributed by atoms with Crippen LogP contribution in [0.3, 0.4) is 0 Å². The molecule has 0 spiro atoms. The van der Waals surface area contributed by atoms with Crippen molar-refractivity contribution in [2.24, 2.45) is 0 Å². The Morgan fingerprint density at radius 3 is 1.68 bits per heavy atom. The van der Waals surface area contributed by atoms with Crippen LogP contribution in [0.15, 0.2) is 48.5 Å². The summed E-state index contributed by atoms with van der Waals surface area (Å²) in [6.45, 7) is 29.7. The van der Waals surface area contributed by atoms with E-state index in [0.29, 0.717) is 24.2 Å². The Hall–Kier alpha value is -0.874. The first-order chi connectivity index (χ1) is 17.0. The van der Waals surface area contributed by atoms with Crippen LogP contribution in [0.25, 0.3) is 0 Å². The normalized spacial score (nSPS) is 13.2. The molecule has 0 saturated carbocycles. The molecular weight excluding hydrogens is 558 g/mol. The molecule has 0 aromatic heterocycles. The third kappa shape index (κ3) is 8.82. The van der Waals surface area contributed by atoms with Gasteiger partial charge in [-0.25, -0.2) is 0 Å². The van der Waals surface area contributed by atoms with E-state index in [1.54, 1.807) is 0 Å². The van der Waals surface area contributed by atoms with E-state index >= 15 is 0 Å². The molecule has 0 fully saturated rings. The molecule has 0 aliphatic rings. The third-order valence-electron chi connectivity index (χ3n) is 6.76. The number of rotatable bonds is 12. The Labute approximate surface area is 236 Å². The summed E-state index contributed by atoms with van der Waals surface area (Å²) < 4.78 is 21.5. The predicted molar refractivity (Wildman–Crippen MR) is 168 cm³/mol. The van der Waals surface area contributed by atoms with Gasteiger partial charge < -0.3 is 0 Å². The van der Waals surface area contributed by atoms with Gasteiger partial charge in [0, 0.05) is 0 Å². The van der Waals surface area contributed by atoms with Gasteiger partial charge in [0.2, 0.25) is 0 Å². The first kappa shape index (κ1) is 32.3. The minimum absolute atomic E-state index is 0.103. The van der Waals surface area contributed by atoms with Gasteiger partial charge in [0.15, 0.2) is 0 Å². The van der Waals surface area contributed by atoms with Crippen LogP contribution in [0.2, 0.25) is 18.1 Å². The van der Waals surface area contributed by atoms with Crippen molar-refractivity contribution in [3.05, 3.63) is 48.5 Å². The average Bonchev–Trinajstić information content (AvgIpc) is 2.74. The van der Waals surface area contributed by atoms with Crippen molar-refractivity contribution in [3.8, 4) is 11.5 Å². The second kappa shape index (κ2) is 13.5. The van der Waals surface area contributed by atoms with E-state index < -0.39 is 16.8 Å². The standard InChI is InChI=1S/C30H51N2O2PSeSi/c1-22(2)31(23(3)4)35(32(24(5)6)25(7)8)33-28-20-19-26(34-37(12,13)30(9,10)11)21-29(28)36-27-17-15-14-16-18-27/h14-25H,1-13H3. The summed E-state index contributed by atoms with van der Waals surface area (Å²) >= 11 is 0.103. The molecule has 0 heterocycles. The number of benzene rings is 2. The fourth-order valence-electron chi connectivity index (χ4n) is 4.05. The molecule has 208 valence electrons. The van der Waals surface area contributed by atoms with Crippen molar-refractivity contribution in [3.63, 3.8) is 0 Å². The summed E-state index contributed by atoms with van der Waals surface area (Å²) in [5, 5.41) is 0.144. The van der Waals surface area contributed by atoms with Crippen LogP contribution < -0.4 is 17.9 Å². The van der Waals surface area contributed by atoms with Gasteiger partial charge in [0.1, 0.15) is 0 Å². The van der Waals surface area contributed by atoms with Gasteiger partial charge >= 0.3 is 237 Å². The van der Waals surface area contributed by atoms with E-state index in [0.717, 1.165) is 11.5 Å². The summed E-state index contributed by atoms with van der Waals surface area (Å²) in [6, 6.07) is 18.8. The van der Waals surface area contributed by atoms with Crippen LogP contribution >= 0.6 is 8.45 Å². The maximum absolute atomic E-state index is 7.13. The predicted octanol–water partition coefficient (Wildman–Crippen LogP) is 7.57. The Morgan fingerprint density at radius 2 is 1.24 bits per heavy atom. The molecule has 0 bridgehead atoms. The van der Waals surface area contributed by atoms with E-state index in [2.05, 4.69) is 147 Å². The molecule has 0 radical (unpaired) electrons. The van der Waals surface area contributed by atoms with Crippen LogP contribution in [0, 0.1) is 0 Å². The fraction of sp³-hybridized carbons (Fsp3) is 0.600. The van der Waals surface area contributed by atoms with Gasteiger partial charge in [0.05, 0.1) is 0 Å². The van der Waals surface area contributed by atoms with Crippen molar-refractivity contribution in [2.45, 2.75) is 118 Å². The molecule has 0 aliphatic heterocycles. The van der Waals surface area contributed by atoms with Crippen molar-refractivity contribution in [1.29, 1.82) is 0 Å². The van der Waals surface area contributed by atoms with E-state index in [1.165, 1.54) is 8.92 Å². The monoisotopic (exact) mass is 610 g/mol. The van der Waals surface area contributed by atoms with Gasteiger partial charge in [-0.15, -0.1) is 0 Å². The number of hydrogen-bond donors (Lipinski definition) is 0. The van der Waals surface area contributed by atoms with Crippen LogP contribution in [-0.4, -0.2) is 56.8 Å². The molecule has 37 heavy (non-hydrogen) atoms. The molecule has 0 N–H and O–H groups in total. The Morgan fingerprint density at radius 1 is 0.757 bits per heavy atom. The average molecular weight is 610 g/mol. The fourth-order valence-corrected chi connectivity index (χ4v) is 9.52. The second-order valence-electron chi connectivity index (χ2n) is 12.4. The van der Waals surface area contributed by atoms with Crippen LogP contribution in [0.4, 0.5) is 0 Å². The van der Waals surface area contributed by atoms with E-state index in [-0.39, 0.29) is 20.0 Å². The van der Waals surface area contributed by atoms with Gasteiger partial charge in [-0.3, -0.25) is 0 Å². The molecule has 0 atom stereocenters. The maximum atomic E-state index is 7.13. The first-order valence-corrected chi connectivity index (χ1v) is 19.4. The van der Waals surface area contributed by atoms with E-state index in [1.807, 2.05) is 0 Å². The molecule has 4 nitrogen and oxygen atoms in total. The van der Waals surface area contributed by atoms with Gasteiger partial charge in [-0.2, -0.15) is 0 Å². The van der Waals surface area contributed by atoms with Crippen molar-refractivity contribution >= 4 is 40.6 Å². The summed E-state index contributed by atoms with van der Waals surface area (Å²) in [4.78, 5) is 0. The third-order valence-corrected chi connectivity index (χ3v) is 16.3. The van der Waals surface area contributed by atoms with E-state index in [4.69, 9.17) is 8.95 Å². The Bertz CT molecular complexity index is 941. The molecule has 0 aliphatic carbocycles. The SMILES string of the molecule is CC(C)N(C(C)C)P(Oc1ccc(O[Si](C)(C)C(C)(C)C)cc1[Se]c1ccccc1)N(C(C)C)C(C)C. The second-order valence-corrected chi connectivity index (χ2v) is 21.0. The Kier molecular flexibility index (Phi) is 11.8. The zero-order chi connectivity index (χ0) is 28.1. The molecule has 7 heteroatoms. The molecule has 2 aromatic rings. The minimum atomic E-state index is -1.95. The van der Waals surface area contributed by atoms with Crippen LogP contribution in [0.5, 0.6) is 11.5 Å². The number of nitrogens with zero attached hydrogens (tertiary/aromatic N) is 2. The zero-order valence-corrected chi connectivity index (χ0v) is 29.1. The molecular formula is C30H51N2O2PSeSi. The van der Waals surface area contributed by atoms with Gasteiger partial charge in [-0.05, 0) is 0 Å². The molecule has 0 amide bonds. The van der Waals surface area contributed by atoms with Crippen LogP contribution in [-0.2, 0) is 0 Å². The van der Waals surface area contributed by atoms with Crippen molar-refractivity contribution in [1.82, 2.24) is 9.34 Å². The quantitative estimate of drug-likeness (QED) is 0.183. The van der Waals surface area contributed by atoms with Crippen molar-refractivity contribution in [2.75, 3.05) is 0 Å². The zero-order valence-electron chi connectivity index (χ0n) is 25.5. The molecule has 0 unspecified atom stereocenters. The van der Waals surface area contributed by atoms with E-state index in [9.17, 15) is 0 Å². The summed E-state index contributed by atoms with van der Waals surface area (Å²) in [7, 11) is -2.97. The topological polar surface area (TPSA) is 24.9 Å². The summed E-state index contributed by atoms with van der Waals surface area (Å²) in [5.41, 5.74) is 0. The van der Waals surface area contributed by atoms with Crippen LogP contribution in [0.1, 0.15) is 76.2 Å². The molecule has 2 aromatic carbocycles. The summed E-state index contributed by atoms with van der Waals surface area (Å²) in [6.07, 6.45) is 0. The van der Waals surface area contributed by atoms with Gasteiger partial charge in [0.25, 0.3) is 0 Å². The first-order valence-electron chi connectivity index (χ1n) is 13.7. The van der Waals surface area contributed by atoms with Gasteiger partial charge in [-0.1, -0.05) is 0 Å². The summed E-state index contributed by atoms with van der Waals surface area (Å²) in [5.74, 6) is 1.94. The molecule has 2 rings (SSSR count).